The molecule has 0 saturated carbocycles. The summed E-state index contributed by atoms with van der Waals surface area (Å²) in [4.78, 5) is 25.4. The van der Waals surface area contributed by atoms with Gasteiger partial charge in [-0.1, -0.05) is 30.3 Å². The Kier molecular flexibility index (Phi) is 6.73. The first-order valence-corrected chi connectivity index (χ1v) is 7.97. The number of nitrogens with one attached hydrogen (secondary N) is 2. The molecule has 25 heavy (non-hydrogen) atoms. The summed E-state index contributed by atoms with van der Waals surface area (Å²) in [6.07, 6.45) is -1.33. The summed E-state index contributed by atoms with van der Waals surface area (Å²) >= 11 is 0. The van der Waals surface area contributed by atoms with E-state index >= 15 is 0 Å². The zero-order valence-electron chi connectivity index (χ0n) is 13.9. The predicted molar refractivity (Wildman–Crippen MR) is 92.0 cm³/mol. The number of carbonyl (C=O) groups excluding carboxylic acids is 1. The Bertz CT molecular complexity index is 745. The van der Waals surface area contributed by atoms with E-state index < -0.39 is 18.3 Å². The number of hydrogen-bond acceptors (Lipinski definition) is 5. The molecule has 2 rings (SSSR count). The van der Waals surface area contributed by atoms with Crippen LogP contribution < -0.4 is 10.9 Å². The van der Waals surface area contributed by atoms with E-state index in [1.165, 1.54) is 12.3 Å². The quantitative estimate of drug-likeness (QED) is 0.605. The van der Waals surface area contributed by atoms with Crippen LogP contribution in [0.15, 0.2) is 47.4 Å². The third-order valence-electron chi connectivity index (χ3n) is 3.74. The minimum atomic E-state index is -1.15. The maximum absolute atomic E-state index is 11.6. The average molecular weight is 346 g/mol. The summed E-state index contributed by atoms with van der Waals surface area (Å²) in [5.41, 5.74) is 1.50. The van der Waals surface area contributed by atoms with E-state index in [-0.39, 0.29) is 25.1 Å². The first-order chi connectivity index (χ1) is 12.0. The second kappa shape index (κ2) is 9.00. The fraction of sp³-hybridized carbons (Fsp3) is 0.333. The van der Waals surface area contributed by atoms with Crippen LogP contribution in [0, 0.1) is 6.92 Å². The number of H-pyrrole nitrogens is 1. The molecule has 0 fully saturated rings. The fourth-order valence-electron chi connectivity index (χ4n) is 2.27. The normalized spacial score (nSPS) is 13.1. The number of rotatable bonds is 7. The number of alkyl carbamates (subject to hydrolysis) is 1. The Morgan fingerprint density at radius 2 is 2.00 bits per heavy atom. The van der Waals surface area contributed by atoms with Crippen LogP contribution in [0.5, 0.6) is 0 Å². The van der Waals surface area contributed by atoms with Crippen molar-refractivity contribution in [1.29, 1.82) is 0 Å². The molecule has 2 unspecified atom stereocenters. The number of pyridine rings is 1. The van der Waals surface area contributed by atoms with Crippen LogP contribution >= 0.6 is 0 Å². The number of benzene rings is 1. The van der Waals surface area contributed by atoms with Gasteiger partial charge in [-0.2, -0.15) is 0 Å². The average Bonchev–Trinajstić information content (AvgIpc) is 2.62. The molecule has 0 spiro atoms. The molecule has 1 aromatic heterocycles. The topological polar surface area (TPSA) is 112 Å². The van der Waals surface area contributed by atoms with Crippen LogP contribution in [-0.4, -0.2) is 33.9 Å². The van der Waals surface area contributed by atoms with Crippen molar-refractivity contribution in [2.45, 2.75) is 32.2 Å². The number of hydrogen-bond donors (Lipinski definition) is 4. The standard InChI is InChI=1S/C18H22N2O5/c1-12-9-14(10-20-17(12)23)16(22)15(21)7-8-19-18(24)25-11-13-5-3-2-4-6-13/h2-6,9-10,15-16,21-22H,7-8,11H2,1H3,(H,19,24)(H,20,23). The monoisotopic (exact) mass is 346 g/mol. The second-order valence-electron chi connectivity index (χ2n) is 5.73. The molecule has 0 saturated heterocycles. The van der Waals surface area contributed by atoms with Crippen molar-refractivity contribution in [3.05, 3.63) is 69.6 Å². The molecular formula is C18H22N2O5. The van der Waals surface area contributed by atoms with Crippen molar-refractivity contribution in [2.24, 2.45) is 0 Å². The Morgan fingerprint density at radius 1 is 1.28 bits per heavy atom. The molecule has 7 nitrogen and oxygen atoms in total. The van der Waals surface area contributed by atoms with E-state index in [0.29, 0.717) is 11.1 Å². The minimum Gasteiger partial charge on any atom is -0.445 e. The molecule has 134 valence electrons. The van der Waals surface area contributed by atoms with Gasteiger partial charge in [0.15, 0.2) is 0 Å². The van der Waals surface area contributed by atoms with E-state index in [1.54, 1.807) is 6.92 Å². The highest BCUT2D eigenvalue weighted by atomic mass is 16.5. The number of amides is 1. The second-order valence-corrected chi connectivity index (χ2v) is 5.73. The zero-order chi connectivity index (χ0) is 18.2. The van der Waals surface area contributed by atoms with Crippen LogP contribution in [0.1, 0.15) is 29.2 Å². The third-order valence-corrected chi connectivity index (χ3v) is 3.74. The molecular weight excluding hydrogens is 324 g/mol. The van der Waals surface area contributed by atoms with Gasteiger partial charge in [0.2, 0.25) is 0 Å². The molecule has 1 heterocycles. The summed E-state index contributed by atoms with van der Waals surface area (Å²) in [7, 11) is 0. The van der Waals surface area contributed by atoms with Crippen molar-refractivity contribution in [3.63, 3.8) is 0 Å². The van der Waals surface area contributed by atoms with Crippen LogP contribution in [0.3, 0.4) is 0 Å². The summed E-state index contributed by atoms with van der Waals surface area (Å²) in [5, 5.41) is 22.6. The first kappa shape index (κ1) is 18.7. The molecule has 1 aromatic carbocycles. The highest BCUT2D eigenvalue weighted by molar-refractivity contribution is 5.67. The van der Waals surface area contributed by atoms with E-state index in [9.17, 15) is 19.8 Å². The van der Waals surface area contributed by atoms with Crippen molar-refractivity contribution < 1.29 is 19.7 Å². The van der Waals surface area contributed by atoms with E-state index in [4.69, 9.17) is 4.74 Å². The van der Waals surface area contributed by atoms with Gasteiger partial charge in [0.25, 0.3) is 5.56 Å². The number of aromatic nitrogens is 1. The number of aromatic amines is 1. The van der Waals surface area contributed by atoms with Gasteiger partial charge in [-0.15, -0.1) is 0 Å². The van der Waals surface area contributed by atoms with Crippen LogP contribution in [0.4, 0.5) is 4.79 Å². The van der Waals surface area contributed by atoms with Crippen LogP contribution in [0.25, 0.3) is 0 Å². The lowest BCUT2D eigenvalue weighted by Crippen LogP contribution is -2.30. The van der Waals surface area contributed by atoms with Crippen LogP contribution in [-0.2, 0) is 11.3 Å². The highest BCUT2D eigenvalue weighted by Crippen LogP contribution is 2.17. The number of aliphatic hydroxyl groups is 2. The SMILES string of the molecule is Cc1cc(C(O)C(O)CCNC(=O)OCc2ccccc2)c[nH]c1=O. The molecule has 0 bridgehead atoms. The third kappa shape index (κ3) is 5.74. The van der Waals surface area contributed by atoms with Crippen molar-refractivity contribution in [3.8, 4) is 0 Å². The van der Waals surface area contributed by atoms with Gasteiger partial charge in [0, 0.05) is 18.3 Å². The maximum atomic E-state index is 11.6. The predicted octanol–water partition coefficient (Wildman–Crippen LogP) is 1.39. The molecule has 0 radical (unpaired) electrons. The minimum absolute atomic E-state index is 0.139. The van der Waals surface area contributed by atoms with E-state index in [1.807, 2.05) is 30.3 Å². The molecule has 0 aliphatic carbocycles. The summed E-state index contributed by atoms with van der Waals surface area (Å²) < 4.78 is 5.05. The van der Waals surface area contributed by atoms with Crippen molar-refractivity contribution in [2.75, 3.05) is 6.54 Å². The maximum Gasteiger partial charge on any atom is 0.407 e. The van der Waals surface area contributed by atoms with Crippen molar-refractivity contribution in [1.82, 2.24) is 10.3 Å². The van der Waals surface area contributed by atoms with E-state index in [2.05, 4.69) is 10.3 Å². The molecule has 0 aliphatic heterocycles. The van der Waals surface area contributed by atoms with E-state index in [0.717, 1.165) is 5.56 Å². The van der Waals surface area contributed by atoms with Crippen molar-refractivity contribution >= 4 is 6.09 Å². The largest absolute Gasteiger partial charge is 0.445 e. The number of aliphatic hydroxyl groups excluding tert-OH is 2. The molecule has 1 amide bonds. The Labute approximate surface area is 145 Å². The van der Waals surface area contributed by atoms with Gasteiger partial charge in [-0.05, 0) is 30.5 Å². The highest BCUT2D eigenvalue weighted by Gasteiger charge is 2.19. The summed E-state index contributed by atoms with van der Waals surface area (Å²) in [5.74, 6) is 0. The Hall–Kier alpha value is -2.64. The lowest BCUT2D eigenvalue weighted by molar-refractivity contribution is 0.0134. The Balaban J connectivity index is 1.73. The molecule has 2 aromatic rings. The molecule has 0 aliphatic rings. The molecule has 7 heteroatoms. The lowest BCUT2D eigenvalue weighted by Gasteiger charge is -2.18. The van der Waals surface area contributed by atoms with Crippen LogP contribution in [0.2, 0.25) is 0 Å². The molecule has 2 atom stereocenters. The van der Waals surface area contributed by atoms with Gasteiger partial charge >= 0.3 is 6.09 Å². The number of ether oxygens (including phenoxy) is 1. The number of carbonyl (C=O) groups is 1. The summed E-state index contributed by atoms with van der Waals surface area (Å²) in [6, 6.07) is 10.8. The smallest absolute Gasteiger partial charge is 0.407 e. The zero-order valence-corrected chi connectivity index (χ0v) is 13.9. The van der Waals surface area contributed by atoms with Gasteiger partial charge in [-0.3, -0.25) is 4.79 Å². The fourth-order valence-corrected chi connectivity index (χ4v) is 2.27. The van der Waals surface area contributed by atoms with Gasteiger partial charge in [0.05, 0.1) is 6.10 Å². The Morgan fingerprint density at radius 3 is 2.68 bits per heavy atom. The van der Waals surface area contributed by atoms with Gasteiger partial charge in [-0.25, -0.2) is 4.79 Å². The summed E-state index contributed by atoms with van der Waals surface area (Å²) in [6.45, 7) is 1.93. The first-order valence-electron chi connectivity index (χ1n) is 7.97. The molecule has 4 N–H and O–H groups in total. The lowest BCUT2D eigenvalue weighted by atomic mass is 10.0. The van der Waals surface area contributed by atoms with Gasteiger partial charge in [0.1, 0.15) is 12.7 Å². The number of aryl methyl sites for hydroxylation is 1. The van der Waals surface area contributed by atoms with Gasteiger partial charge < -0.3 is 25.3 Å².